The van der Waals surface area contributed by atoms with Gasteiger partial charge in [-0.3, -0.25) is 4.90 Å². The van der Waals surface area contributed by atoms with Crippen LogP contribution >= 0.6 is 0 Å². The van der Waals surface area contributed by atoms with Gasteiger partial charge in [0.1, 0.15) is 11.6 Å². The third-order valence-electron chi connectivity index (χ3n) is 4.59. The Bertz CT molecular complexity index is 725. The van der Waals surface area contributed by atoms with Gasteiger partial charge in [-0.05, 0) is 31.2 Å². The first-order chi connectivity index (χ1) is 12.2. The number of rotatable bonds is 5. The summed E-state index contributed by atoms with van der Waals surface area (Å²) >= 11 is 0. The minimum absolute atomic E-state index is 0.151. The summed E-state index contributed by atoms with van der Waals surface area (Å²) in [6.45, 7) is 6.48. The highest BCUT2D eigenvalue weighted by atomic mass is 16.4. The summed E-state index contributed by atoms with van der Waals surface area (Å²) in [5.41, 5.74) is 2.15. The predicted octanol–water partition coefficient (Wildman–Crippen LogP) is 2.49. The van der Waals surface area contributed by atoms with Crippen molar-refractivity contribution in [3.63, 3.8) is 0 Å². The first-order valence-electron chi connectivity index (χ1n) is 8.56. The fourth-order valence-corrected chi connectivity index (χ4v) is 3.12. The lowest BCUT2D eigenvalue weighted by molar-refractivity contribution is 0.262. The summed E-state index contributed by atoms with van der Waals surface area (Å²) in [6, 6.07) is 11.3. The molecule has 1 fully saturated rings. The maximum Gasteiger partial charge on any atom is 0.128 e. The van der Waals surface area contributed by atoms with E-state index in [9.17, 15) is 10.3 Å². The third kappa shape index (κ3) is 4.28. The van der Waals surface area contributed by atoms with Gasteiger partial charge in [0.25, 0.3) is 0 Å². The highest BCUT2D eigenvalue weighted by Gasteiger charge is 2.19. The quantitative estimate of drug-likeness (QED) is 0.497. The van der Waals surface area contributed by atoms with Crippen LogP contribution in [0.25, 0.3) is 0 Å². The molecule has 0 atom stereocenters. The topological polar surface area (TPSA) is 72.2 Å². The van der Waals surface area contributed by atoms with E-state index in [2.05, 4.69) is 19.9 Å². The number of anilines is 1. The summed E-state index contributed by atoms with van der Waals surface area (Å²) in [5.74, 6) is 1.17. The first kappa shape index (κ1) is 17.2. The number of pyridine rings is 1. The van der Waals surface area contributed by atoms with E-state index in [4.69, 9.17) is 0 Å². The molecule has 2 heterocycles. The van der Waals surface area contributed by atoms with Crippen molar-refractivity contribution in [1.29, 1.82) is 0 Å². The number of piperazine rings is 1. The Hall–Kier alpha value is -2.60. The maximum absolute atomic E-state index is 10.0. The lowest BCUT2D eigenvalue weighted by Crippen LogP contribution is -2.47. The van der Waals surface area contributed by atoms with Gasteiger partial charge in [-0.25, -0.2) is 4.98 Å². The molecule has 1 aromatic heterocycles. The zero-order valence-electron chi connectivity index (χ0n) is 14.5. The van der Waals surface area contributed by atoms with Crippen LogP contribution in [0, 0.1) is 6.92 Å². The highest BCUT2D eigenvalue weighted by molar-refractivity contribution is 6.02. The number of benzene rings is 1. The van der Waals surface area contributed by atoms with Gasteiger partial charge in [-0.15, -0.1) is 0 Å². The van der Waals surface area contributed by atoms with E-state index < -0.39 is 0 Å². The smallest absolute Gasteiger partial charge is 0.128 e. The van der Waals surface area contributed by atoms with Crippen molar-refractivity contribution in [3.8, 4) is 5.75 Å². The Morgan fingerprint density at radius 1 is 1.16 bits per heavy atom. The van der Waals surface area contributed by atoms with Crippen molar-refractivity contribution in [2.75, 3.05) is 37.6 Å². The Balaban J connectivity index is 1.55. The minimum Gasteiger partial charge on any atom is -0.507 e. The second kappa shape index (κ2) is 7.98. The molecular formula is C19H24N4O2. The van der Waals surface area contributed by atoms with Crippen LogP contribution in [0.5, 0.6) is 5.75 Å². The molecule has 0 unspecified atom stereocenters. The summed E-state index contributed by atoms with van der Waals surface area (Å²) in [6.07, 6.45) is 2.41. The fraction of sp³-hybridized carbons (Fsp3) is 0.368. The molecule has 6 heteroatoms. The standard InChI is InChI=1S/C19H24N4O2/c1-15-5-6-18(24)16(14-15)17(21-25)7-9-22-10-12-23(13-11-22)19-4-2-3-8-20-19/h2-6,8,14,24-25H,7,9-13H2,1H3/b21-17+. The molecule has 0 bridgehead atoms. The fourth-order valence-electron chi connectivity index (χ4n) is 3.12. The first-order valence-corrected chi connectivity index (χ1v) is 8.56. The highest BCUT2D eigenvalue weighted by Crippen LogP contribution is 2.21. The van der Waals surface area contributed by atoms with Gasteiger partial charge in [0.05, 0.1) is 5.71 Å². The molecule has 0 radical (unpaired) electrons. The van der Waals surface area contributed by atoms with Crippen molar-refractivity contribution < 1.29 is 10.3 Å². The van der Waals surface area contributed by atoms with Crippen molar-refractivity contribution in [1.82, 2.24) is 9.88 Å². The van der Waals surface area contributed by atoms with Crippen molar-refractivity contribution >= 4 is 11.5 Å². The number of aryl methyl sites for hydroxylation is 1. The Morgan fingerprint density at radius 3 is 2.64 bits per heavy atom. The molecule has 3 rings (SSSR count). The molecule has 0 amide bonds. The maximum atomic E-state index is 10.0. The second-order valence-corrected chi connectivity index (χ2v) is 6.33. The van der Waals surface area contributed by atoms with Crippen molar-refractivity contribution in [2.24, 2.45) is 5.16 Å². The largest absolute Gasteiger partial charge is 0.507 e. The van der Waals surface area contributed by atoms with Gasteiger partial charge >= 0.3 is 0 Å². The molecule has 1 aliphatic heterocycles. The average molecular weight is 340 g/mol. The van der Waals surface area contributed by atoms with Gasteiger partial charge in [-0.1, -0.05) is 22.9 Å². The molecule has 132 valence electrons. The molecule has 25 heavy (non-hydrogen) atoms. The molecular weight excluding hydrogens is 316 g/mol. The molecule has 1 saturated heterocycles. The lowest BCUT2D eigenvalue weighted by atomic mass is 10.0. The van der Waals surface area contributed by atoms with E-state index in [0.717, 1.165) is 44.1 Å². The number of aromatic hydroxyl groups is 1. The molecule has 2 N–H and O–H groups in total. The number of nitrogens with zero attached hydrogens (tertiary/aromatic N) is 4. The van der Waals surface area contributed by atoms with Crippen LogP contribution < -0.4 is 4.90 Å². The second-order valence-electron chi connectivity index (χ2n) is 6.33. The number of hydrogen-bond acceptors (Lipinski definition) is 6. The summed E-state index contributed by atoms with van der Waals surface area (Å²) in [5, 5.41) is 22.8. The summed E-state index contributed by atoms with van der Waals surface area (Å²) < 4.78 is 0. The molecule has 0 spiro atoms. The monoisotopic (exact) mass is 340 g/mol. The molecule has 1 aliphatic rings. The van der Waals surface area contributed by atoms with Crippen LogP contribution in [-0.4, -0.2) is 58.6 Å². The van der Waals surface area contributed by atoms with Crippen LogP contribution in [0.3, 0.4) is 0 Å². The van der Waals surface area contributed by atoms with E-state index in [-0.39, 0.29) is 5.75 Å². The minimum atomic E-state index is 0.151. The van der Waals surface area contributed by atoms with Gasteiger partial charge in [0.2, 0.25) is 0 Å². The summed E-state index contributed by atoms with van der Waals surface area (Å²) in [7, 11) is 0. The molecule has 6 nitrogen and oxygen atoms in total. The number of hydrogen-bond donors (Lipinski definition) is 2. The Kier molecular flexibility index (Phi) is 5.50. The van der Waals surface area contributed by atoms with Crippen LogP contribution in [0.4, 0.5) is 5.82 Å². The van der Waals surface area contributed by atoms with E-state index in [1.54, 1.807) is 6.07 Å². The zero-order valence-corrected chi connectivity index (χ0v) is 14.5. The molecule has 0 saturated carbocycles. The van der Waals surface area contributed by atoms with Gasteiger partial charge in [-0.2, -0.15) is 0 Å². The number of phenols is 1. The van der Waals surface area contributed by atoms with Crippen LogP contribution in [0.2, 0.25) is 0 Å². The SMILES string of the molecule is Cc1ccc(O)c(/C(CCN2CCN(c3ccccn3)CC2)=N/O)c1. The van der Waals surface area contributed by atoms with E-state index in [1.807, 2.05) is 43.5 Å². The van der Waals surface area contributed by atoms with Gasteiger partial charge in [0.15, 0.2) is 0 Å². The third-order valence-corrected chi connectivity index (χ3v) is 4.59. The zero-order chi connectivity index (χ0) is 17.6. The van der Waals surface area contributed by atoms with Crippen LogP contribution in [-0.2, 0) is 0 Å². The molecule has 1 aromatic carbocycles. The normalized spacial score (nSPS) is 16.2. The van der Waals surface area contributed by atoms with Gasteiger partial charge in [0, 0.05) is 50.9 Å². The Morgan fingerprint density at radius 2 is 1.96 bits per heavy atom. The number of oxime groups is 1. The average Bonchev–Trinajstić information content (AvgIpc) is 2.66. The van der Waals surface area contributed by atoms with Gasteiger partial charge < -0.3 is 15.2 Å². The number of phenolic OH excluding ortho intramolecular Hbond substituents is 1. The van der Waals surface area contributed by atoms with Crippen LogP contribution in [0.1, 0.15) is 17.5 Å². The number of aromatic nitrogens is 1. The molecule has 2 aromatic rings. The van der Waals surface area contributed by atoms with E-state index >= 15 is 0 Å². The van der Waals surface area contributed by atoms with Crippen molar-refractivity contribution in [2.45, 2.75) is 13.3 Å². The molecule has 0 aliphatic carbocycles. The van der Waals surface area contributed by atoms with E-state index in [1.165, 1.54) is 0 Å². The van der Waals surface area contributed by atoms with Crippen molar-refractivity contribution in [3.05, 3.63) is 53.7 Å². The lowest BCUT2D eigenvalue weighted by Gasteiger charge is -2.35. The van der Waals surface area contributed by atoms with Crippen LogP contribution in [0.15, 0.2) is 47.8 Å². The van der Waals surface area contributed by atoms with E-state index in [0.29, 0.717) is 17.7 Å². The Labute approximate surface area is 148 Å². The predicted molar refractivity (Wildman–Crippen MR) is 98.7 cm³/mol. The summed E-state index contributed by atoms with van der Waals surface area (Å²) in [4.78, 5) is 9.03.